The molecule has 0 spiro atoms. The normalized spacial score (nSPS) is 16.1. The second-order valence-electron chi connectivity index (χ2n) is 7.02. The fourth-order valence-electron chi connectivity index (χ4n) is 3.28. The molecule has 0 saturated carbocycles. The van der Waals surface area contributed by atoms with E-state index in [1.54, 1.807) is 6.08 Å². The standard InChI is InChI=1S/C22H36N4O/c1-4-7-14-26-15-12-20(13-16-26)25-22(23-6-3)24-18-19-10-8-9-11-21(19)27-17-5-2/h5,8-11,20H,2,4,6-7,12-18H2,1,3H3,(H2,23,24,25). The first-order valence-electron chi connectivity index (χ1n) is 10.4. The van der Waals surface area contributed by atoms with E-state index in [1.165, 1.54) is 45.3 Å². The first-order chi connectivity index (χ1) is 13.3. The molecule has 1 aromatic rings. The Kier molecular flexibility index (Phi) is 9.77. The molecule has 2 N–H and O–H groups in total. The van der Waals surface area contributed by atoms with Gasteiger partial charge in [-0.2, -0.15) is 0 Å². The Morgan fingerprint density at radius 2 is 2.07 bits per heavy atom. The maximum absolute atomic E-state index is 5.74. The highest BCUT2D eigenvalue weighted by Gasteiger charge is 2.19. The number of para-hydroxylation sites is 1. The lowest BCUT2D eigenvalue weighted by atomic mass is 10.0. The van der Waals surface area contributed by atoms with Gasteiger partial charge in [0.25, 0.3) is 0 Å². The van der Waals surface area contributed by atoms with Gasteiger partial charge in [0, 0.05) is 31.2 Å². The van der Waals surface area contributed by atoms with Gasteiger partial charge in [0.2, 0.25) is 0 Å². The number of guanidine groups is 1. The number of aliphatic imine (C=N–C) groups is 1. The summed E-state index contributed by atoms with van der Waals surface area (Å²) < 4.78 is 5.74. The highest BCUT2D eigenvalue weighted by molar-refractivity contribution is 5.80. The number of likely N-dealkylation sites (tertiary alicyclic amines) is 1. The topological polar surface area (TPSA) is 48.9 Å². The van der Waals surface area contributed by atoms with E-state index < -0.39 is 0 Å². The minimum Gasteiger partial charge on any atom is -0.489 e. The Labute approximate surface area is 164 Å². The first kappa shape index (κ1) is 21.3. The third-order valence-electron chi connectivity index (χ3n) is 4.84. The third kappa shape index (κ3) is 7.63. The molecule has 1 fully saturated rings. The van der Waals surface area contributed by atoms with Gasteiger partial charge in [-0.15, -0.1) is 0 Å². The van der Waals surface area contributed by atoms with E-state index in [4.69, 9.17) is 9.73 Å². The van der Waals surface area contributed by atoms with Crippen LogP contribution >= 0.6 is 0 Å². The Bertz CT molecular complexity index is 579. The average Bonchev–Trinajstić information content (AvgIpc) is 2.70. The summed E-state index contributed by atoms with van der Waals surface area (Å²) in [6.07, 6.45) is 6.68. The molecule has 1 aliphatic heterocycles. The maximum atomic E-state index is 5.74. The van der Waals surface area contributed by atoms with E-state index in [0.717, 1.165) is 23.8 Å². The molecule has 2 rings (SSSR count). The molecule has 0 aromatic heterocycles. The van der Waals surface area contributed by atoms with E-state index in [-0.39, 0.29) is 0 Å². The molecule has 5 heteroatoms. The van der Waals surface area contributed by atoms with Crippen LogP contribution in [0.1, 0.15) is 45.1 Å². The van der Waals surface area contributed by atoms with Gasteiger partial charge >= 0.3 is 0 Å². The first-order valence-corrected chi connectivity index (χ1v) is 10.4. The van der Waals surface area contributed by atoms with Crippen molar-refractivity contribution in [2.45, 2.75) is 52.1 Å². The average molecular weight is 373 g/mol. The van der Waals surface area contributed by atoms with Crippen molar-refractivity contribution in [3.8, 4) is 5.75 Å². The molecule has 0 amide bonds. The van der Waals surface area contributed by atoms with Crippen LogP contribution in [0.4, 0.5) is 0 Å². The number of piperidine rings is 1. The molecule has 1 saturated heterocycles. The van der Waals surface area contributed by atoms with E-state index in [9.17, 15) is 0 Å². The summed E-state index contributed by atoms with van der Waals surface area (Å²) in [6.45, 7) is 13.6. The summed E-state index contributed by atoms with van der Waals surface area (Å²) >= 11 is 0. The molecule has 150 valence electrons. The van der Waals surface area contributed by atoms with E-state index in [1.807, 2.05) is 18.2 Å². The number of nitrogens with one attached hydrogen (secondary N) is 2. The molecule has 0 aliphatic carbocycles. The van der Waals surface area contributed by atoms with Crippen LogP contribution in [0.2, 0.25) is 0 Å². The zero-order chi connectivity index (χ0) is 19.3. The predicted octanol–water partition coefficient (Wildman–Crippen LogP) is 3.57. The van der Waals surface area contributed by atoms with Crippen molar-refractivity contribution in [2.75, 3.05) is 32.8 Å². The number of hydrogen-bond donors (Lipinski definition) is 2. The van der Waals surface area contributed by atoms with Crippen molar-refractivity contribution < 1.29 is 4.74 Å². The molecule has 0 unspecified atom stereocenters. The van der Waals surface area contributed by atoms with Crippen molar-refractivity contribution in [2.24, 2.45) is 4.99 Å². The Balaban J connectivity index is 1.90. The van der Waals surface area contributed by atoms with Crippen LogP contribution in [-0.2, 0) is 6.54 Å². The minimum atomic E-state index is 0.493. The van der Waals surface area contributed by atoms with E-state index in [0.29, 0.717) is 19.2 Å². The molecule has 1 aliphatic rings. The maximum Gasteiger partial charge on any atom is 0.191 e. The number of rotatable bonds is 10. The van der Waals surface area contributed by atoms with Gasteiger partial charge in [0.1, 0.15) is 12.4 Å². The van der Waals surface area contributed by atoms with Gasteiger partial charge in [0.15, 0.2) is 5.96 Å². The molecule has 27 heavy (non-hydrogen) atoms. The van der Waals surface area contributed by atoms with Crippen LogP contribution in [0.25, 0.3) is 0 Å². The van der Waals surface area contributed by atoms with Crippen LogP contribution in [0.3, 0.4) is 0 Å². The van der Waals surface area contributed by atoms with Gasteiger partial charge in [0.05, 0.1) is 6.54 Å². The van der Waals surface area contributed by atoms with Crippen molar-refractivity contribution in [1.29, 1.82) is 0 Å². The zero-order valence-electron chi connectivity index (χ0n) is 17.0. The monoisotopic (exact) mass is 372 g/mol. The SMILES string of the molecule is C=CCOc1ccccc1CN=C(NCC)NC1CCN(CCCC)CC1. The lowest BCUT2D eigenvalue weighted by molar-refractivity contribution is 0.203. The van der Waals surface area contributed by atoms with E-state index >= 15 is 0 Å². The highest BCUT2D eigenvalue weighted by atomic mass is 16.5. The van der Waals surface area contributed by atoms with Gasteiger partial charge in [-0.25, -0.2) is 4.99 Å². The molecule has 1 aromatic carbocycles. The summed E-state index contributed by atoms with van der Waals surface area (Å²) in [4.78, 5) is 7.37. The lowest BCUT2D eigenvalue weighted by Gasteiger charge is -2.33. The number of nitrogens with zero attached hydrogens (tertiary/aromatic N) is 2. The smallest absolute Gasteiger partial charge is 0.191 e. The van der Waals surface area contributed by atoms with Crippen LogP contribution in [-0.4, -0.2) is 49.7 Å². The highest BCUT2D eigenvalue weighted by Crippen LogP contribution is 2.19. The van der Waals surface area contributed by atoms with Gasteiger partial charge < -0.3 is 20.3 Å². The molecular formula is C22H36N4O. The third-order valence-corrected chi connectivity index (χ3v) is 4.84. The largest absolute Gasteiger partial charge is 0.489 e. The van der Waals surface area contributed by atoms with Gasteiger partial charge in [-0.1, -0.05) is 44.2 Å². The summed E-state index contributed by atoms with van der Waals surface area (Å²) in [5.41, 5.74) is 1.09. The summed E-state index contributed by atoms with van der Waals surface area (Å²) in [7, 11) is 0. The second kappa shape index (κ2) is 12.4. The van der Waals surface area contributed by atoms with Gasteiger partial charge in [-0.3, -0.25) is 0 Å². The molecular weight excluding hydrogens is 336 g/mol. The lowest BCUT2D eigenvalue weighted by Crippen LogP contribution is -2.48. The minimum absolute atomic E-state index is 0.493. The summed E-state index contributed by atoms with van der Waals surface area (Å²) in [5, 5.41) is 7.00. The van der Waals surface area contributed by atoms with Crippen molar-refractivity contribution in [3.05, 3.63) is 42.5 Å². The zero-order valence-corrected chi connectivity index (χ0v) is 17.0. The van der Waals surface area contributed by atoms with E-state index in [2.05, 4.69) is 42.0 Å². The summed E-state index contributed by atoms with van der Waals surface area (Å²) in [5.74, 6) is 1.77. The number of benzene rings is 1. The molecule has 0 atom stereocenters. The Morgan fingerprint density at radius 1 is 1.30 bits per heavy atom. The van der Waals surface area contributed by atoms with Crippen LogP contribution < -0.4 is 15.4 Å². The van der Waals surface area contributed by atoms with Gasteiger partial charge in [-0.05, 0) is 38.8 Å². The fraction of sp³-hybridized carbons (Fsp3) is 0.591. The van der Waals surface area contributed by atoms with Crippen LogP contribution in [0.15, 0.2) is 41.9 Å². The predicted molar refractivity (Wildman–Crippen MR) is 114 cm³/mol. The molecule has 0 radical (unpaired) electrons. The van der Waals surface area contributed by atoms with Crippen molar-refractivity contribution >= 4 is 5.96 Å². The number of unbranched alkanes of at least 4 members (excludes halogenated alkanes) is 1. The van der Waals surface area contributed by atoms with Crippen LogP contribution in [0.5, 0.6) is 5.75 Å². The number of ether oxygens (including phenoxy) is 1. The fourth-order valence-corrected chi connectivity index (χ4v) is 3.28. The van der Waals surface area contributed by atoms with Crippen LogP contribution in [0, 0.1) is 0 Å². The Hall–Kier alpha value is -2.01. The molecule has 5 nitrogen and oxygen atoms in total. The molecule has 0 bridgehead atoms. The Morgan fingerprint density at radius 3 is 2.78 bits per heavy atom. The summed E-state index contributed by atoms with van der Waals surface area (Å²) in [6, 6.07) is 8.56. The molecule has 1 heterocycles. The number of hydrogen-bond acceptors (Lipinski definition) is 3. The quantitative estimate of drug-likeness (QED) is 0.374. The van der Waals surface area contributed by atoms with Crippen molar-refractivity contribution in [3.63, 3.8) is 0 Å². The second-order valence-corrected chi connectivity index (χ2v) is 7.02. The van der Waals surface area contributed by atoms with Crippen molar-refractivity contribution in [1.82, 2.24) is 15.5 Å².